The Kier molecular flexibility index (Phi) is 3.85. The number of nitrogens with zero attached hydrogens (tertiary/aromatic N) is 8. The van der Waals surface area contributed by atoms with Crippen LogP contribution in [0.4, 0.5) is 11.8 Å². The van der Waals surface area contributed by atoms with Gasteiger partial charge in [0.05, 0.1) is 24.1 Å². The molecular formula is C21H23ClN8. The average Bonchev–Trinajstić information content (AvgIpc) is 2.96. The van der Waals surface area contributed by atoms with Crippen LogP contribution in [0, 0.1) is 12.3 Å². The van der Waals surface area contributed by atoms with Crippen molar-refractivity contribution in [3.05, 3.63) is 52.7 Å². The minimum atomic E-state index is 0.308. The van der Waals surface area contributed by atoms with Crippen LogP contribution in [-0.4, -0.2) is 62.9 Å². The van der Waals surface area contributed by atoms with Crippen molar-refractivity contribution >= 4 is 23.4 Å². The van der Waals surface area contributed by atoms with Crippen molar-refractivity contribution in [3.8, 4) is 5.69 Å². The Balaban J connectivity index is 1.24. The van der Waals surface area contributed by atoms with Crippen LogP contribution in [0.3, 0.4) is 0 Å². The number of rotatable bonds is 2. The maximum absolute atomic E-state index is 6.27. The van der Waals surface area contributed by atoms with Crippen LogP contribution in [0.5, 0.6) is 0 Å². The highest BCUT2D eigenvalue weighted by Crippen LogP contribution is 2.43. The number of anilines is 2. The molecule has 6 rings (SSSR count). The van der Waals surface area contributed by atoms with Gasteiger partial charge in [0, 0.05) is 49.4 Å². The molecule has 0 amide bonds. The molecule has 2 saturated heterocycles. The second-order valence-corrected chi connectivity index (χ2v) is 9.36. The summed E-state index contributed by atoms with van der Waals surface area (Å²) in [6.07, 6.45) is 3.65. The van der Waals surface area contributed by atoms with Crippen molar-refractivity contribution < 1.29 is 0 Å². The summed E-state index contributed by atoms with van der Waals surface area (Å²) in [6.45, 7) is 7.58. The van der Waals surface area contributed by atoms with E-state index in [1.807, 2.05) is 19.2 Å². The number of hydrogen-bond donors (Lipinski definition) is 0. The molecule has 0 bridgehead atoms. The van der Waals surface area contributed by atoms with Crippen LogP contribution in [-0.2, 0) is 13.1 Å². The lowest BCUT2D eigenvalue weighted by Crippen LogP contribution is -2.73. The van der Waals surface area contributed by atoms with E-state index in [0.29, 0.717) is 5.41 Å². The fourth-order valence-corrected chi connectivity index (χ4v) is 5.18. The van der Waals surface area contributed by atoms with Gasteiger partial charge >= 0.3 is 0 Å². The van der Waals surface area contributed by atoms with Gasteiger partial charge < -0.3 is 9.80 Å². The fourth-order valence-electron chi connectivity index (χ4n) is 4.98. The molecule has 2 aromatic heterocycles. The fraction of sp³-hybridized carbons (Fsp3) is 0.429. The molecule has 0 aliphatic carbocycles. The van der Waals surface area contributed by atoms with Crippen LogP contribution >= 0.6 is 11.6 Å². The van der Waals surface area contributed by atoms with Gasteiger partial charge in [0.2, 0.25) is 5.95 Å². The summed E-state index contributed by atoms with van der Waals surface area (Å²) < 4.78 is 2.21. The minimum absolute atomic E-state index is 0.308. The molecule has 154 valence electrons. The van der Waals surface area contributed by atoms with E-state index in [0.717, 1.165) is 73.3 Å². The third-order valence-electron chi connectivity index (χ3n) is 6.30. The summed E-state index contributed by atoms with van der Waals surface area (Å²) in [7, 11) is 2.10. The Morgan fingerprint density at radius 1 is 1.00 bits per heavy atom. The Labute approximate surface area is 180 Å². The summed E-state index contributed by atoms with van der Waals surface area (Å²) in [5, 5.41) is 9.86. The first-order valence-corrected chi connectivity index (χ1v) is 10.6. The lowest BCUT2D eigenvalue weighted by atomic mass is 9.73. The van der Waals surface area contributed by atoms with Crippen molar-refractivity contribution in [2.45, 2.75) is 20.0 Å². The largest absolute Gasteiger partial charge is 0.354 e. The first-order valence-electron chi connectivity index (χ1n) is 10.2. The highest BCUT2D eigenvalue weighted by Gasteiger charge is 2.53. The smallest absolute Gasteiger partial charge is 0.231 e. The van der Waals surface area contributed by atoms with Gasteiger partial charge in [0.25, 0.3) is 0 Å². The average molecular weight is 423 g/mol. The lowest BCUT2D eigenvalue weighted by molar-refractivity contribution is 0.153. The molecule has 3 aromatic rings. The zero-order chi connectivity index (χ0) is 20.5. The van der Waals surface area contributed by atoms with Crippen molar-refractivity contribution in [2.75, 3.05) is 43.0 Å². The molecule has 1 aromatic carbocycles. The summed E-state index contributed by atoms with van der Waals surface area (Å²) in [5.41, 5.74) is 3.60. The molecule has 30 heavy (non-hydrogen) atoms. The first-order chi connectivity index (χ1) is 14.5. The van der Waals surface area contributed by atoms with Gasteiger partial charge in [-0.15, -0.1) is 10.2 Å². The minimum Gasteiger partial charge on any atom is -0.354 e. The number of aryl methyl sites for hydroxylation is 1. The van der Waals surface area contributed by atoms with Crippen LogP contribution in [0.15, 0.2) is 30.6 Å². The topological polar surface area (TPSA) is 66.2 Å². The highest BCUT2D eigenvalue weighted by atomic mass is 35.5. The van der Waals surface area contributed by atoms with Gasteiger partial charge in [-0.2, -0.15) is 0 Å². The van der Waals surface area contributed by atoms with Crippen LogP contribution < -0.4 is 9.80 Å². The van der Waals surface area contributed by atoms with E-state index >= 15 is 0 Å². The van der Waals surface area contributed by atoms with E-state index in [4.69, 9.17) is 11.6 Å². The lowest BCUT2D eigenvalue weighted by Gasteiger charge is -2.60. The maximum Gasteiger partial charge on any atom is 0.231 e. The summed E-state index contributed by atoms with van der Waals surface area (Å²) in [4.78, 5) is 15.8. The van der Waals surface area contributed by atoms with E-state index in [1.54, 1.807) is 6.20 Å². The van der Waals surface area contributed by atoms with E-state index in [9.17, 15) is 0 Å². The molecule has 0 radical (unpaired) electrons. The van der Waals surface area contributed by atoms with Crippen molar-refractivity contribution in [1.29, 1.82) is 0 Å². The first kappa shape index (κ1) is 18.1. The SMILES string of the molecule is Cc1cncc(N2CC3(C2)CN(c2nnc4n2-c2ccc(Cl)cc2CN(C)C4)C3)n1. The van der Waals surface area contributed by atoms with Gasteiger partial charge in [-0.3, -0.25) is 14.5 Å². The zero-order valence-corrected chi connectivity index (χ0v) is 17.8. The van der Waals surface area contributed by atoms with E-state index in [-0.39, 0.29) is 0 Å². The molecule has 9 heteroatoms. The van der Waals surface area contributed by atoms with E-state index in [1.165, 1.54) is 5.56 Å². The van der Waals surface area contributed by atoms with Gasteiger partial charge in [0.15, 0.2) is 5.82 Å². The monoisotopic (exact) mass is 422 g/mol. The van der Waals surface area contributed by atoms with Crippen molar-refractivity contribution in [2.24, 2.45) is 5.41 Å². The van der Waals surface area contributed by atoms with Crippen LogP contribution in [0.25, 0.3) is 5.69 Å². The summed E-state index contributed by atoms with van der Waals surface area (Å²) in [6, 6.07) is 6.09. The van der Waals surface area contributed by atoms with Gasteiger partial charge in [-0.1, -0.05) is 11.6 Å². The molecule has 3 aliphatic rings. The molecule has 1 spiro atoms. The van der Waals surface area contributed by atoms with Gasteiger partial charge in [-0.25, -0.2) is 4.98 Å². The number of aromatic nitrogens is 5. The Bertz CT molecular complexity index is 1130. The Morgan fingerprint density at radius 2 is 1.80 bits per heavy atom. The Hall–Kier alpha value is -2.71. The Morgan fingerprint density at radius 3 is 2.60 bits per heavy atom. The zero-order valence-electron chi connectivity index (χ0n) is 17.1. The highest BCUT2D eigenvalue weighted by molar-refractivity contribution is 6.30. The normalized spacial score (nSPS) is 19.7. The second kappa shape index (κ2) is 6.39. The third kappa shape index (κ3) is 2.78. The molecule has 8 nitrogen and oxygen atoms in total. The predicted octanol–water partition coefficient (Wildman–Crippen LogP) is 2.29. The molecule has 0 saturated carbocycles. The molecule has 5 heterocycles. The van der Waals surface area contributed by atoms with Crippen LogP contribution in [0.2, 0.25) is 5.02 Å². The molecule has 0 N–H and O–H groups in total. The van der Waals surface area contributed by atoms with Gasteiger partial charge in [-0.05, 0) is 37.7 Å². The second-order valence-electron chi connectivity index (χ2n) is 8.93. The number of halogens is 1. The van der Waals surface area contributed by atoms with Crippen LogP contribution in [0.1, 0.15) is 17.1 Å². The van der Waals surface area contributed by atoms with Crippen molar-refractivity contribution in [3.63, 3.8) is 0 Å². The predicted molar refractivity (Wildman–Crippen MR) is 115 cm³/mol. The third-order valence-corrected chi connectivity index (χ3v) is 6.54. The molecular weight excluding hydrogens is 400 g/mol. The molecule has 3 aliphatic heterocycles. The maximum atomic E-state index is 6.27. The summed E-state index contributed by atoms with van der Waals surface area (Å²) in [5.74, 6) is 2.88. The number of benzene rings is 1. The van der Waals surface area contributed by atoms with Gasteiger partial charge in [0.1, 0.15) is 5.82 Å². The van der Waals surface area contributed by atoms with Crippen molar-refractivity contribution in [1.82, 2.24) is 29.6 Å². The summed E-state index contributed by atoms with van der Waals surface area (Å²) >= 11 is 6.27. The molecule has 2 fully saturated rings. The standard InChI is InChI=1S/C21H23ClN8/c1-14-6-23-7-18(24-14)28-10-21(11-28)12-29(13-21)20-26-25-19-9-27(2)8-15-5-16(22)3-4-17(15)30(19)20/h3-7H,8-13H2,1-2H3. The quantitative estimate of drug-likeness (QED) is 0.627. The van der Waals surface area contributed by atoms with E-state index < -0.39 is 0 Å². The molecule has 0 unspecified atom stereocenters. The number of hydrogen-bond acceptors (Lipinski definition) is 7. The molecule has 0 atom stereocenters. The van der Waals surface area contributed by atoms with E-state index in [2.05, 4.69) is 58.6 Å². The number of fused-ring (bicyclic) bond motifs is 3.